The first kappa shape index (κ1) is 29.7. The number of pyridine rings is 1. The van der Waals surface area contributed by atoms with Crippen LogP contribution in [-0.4, -0.2) is 42.3 Å². The Morgan fingerprint density at radius 3 is 2.51 bits per heavy atom. The zero-order chi connectivity index (χ0) is 30.1. The first-order valence-electron chi connectivity index (χ1n) is 11.6. The lowest BCUT2D eigenvalue weighted by Gasteiger charge is -2.16. The molecule has 16 heteroatoms. The molecule has 0 aliphatic heterocycles. The molecule has 41 heavy (non-hydrogen) atoms. The zero-order valence-electron chi connectivity index (χ0n) is 21.2. The monoisotopic (exact) mass is 613 g/mol. The van der Waals surface area contributed by atoms with Gasteiger partial charge in [-0.25, -0.2) is 22.8 Å². The fraction of sp³-hybridized carbons (Fsp3) is 0.200. The maximum Gasteiger partial charge on any atom is 0.574 e. The van der Waals surface area contributed by atoms with E-state index in [-0.39, 0.29) is 29.0 Å². The summed E-state index contributed by atoms with van der Waals surface area (Å²) in [5.41, 5.74) is -0.495. The molecule has 0 bridgehead atoms. The van der Waals surface area contributed by atoms with Crippen LogP contribution < -0.4 is 20.3 Å². The summed E-state index contributed by atoms with van der Waals surface area (Å²) in [6.07, 6.45) is -2.93. The van der Waals surface area contributed by atoms with Crippen LogP contribution in [0.1, 0.15) is 6.92 Å². The van der Waals surface area contributed by atoms with E-state index in [9.17, 15) is 35.6 Å². The van der Waals surface area contributed by atoms with Crippen LogP contribution in [0.25, 0.3) is 22.0 Å². The van der Waals surface area contributed by atoms with E-state index in [0.29, 0.717) is 5.52 Å². The first-order valence-corrected chi connectivity index (χ1v) is 13.5. The van der Waals surface area contributed by atoms with Crippen molar-refractivity contribution in [3.8, 4) is 17.0 Å². The molecule has 0 saturated carbocycles. The van der Waals surface area contributed by atoms with E-state index in [1.807, 2.05) is 4.72 Å². The fourth-order valence-corrected chi connectivity index (χ4v) is 5.44. The molecule has 4 rings (SSSR count). The largest absolute Gasteiger partial charge is 0.574 e. The molecule has 0 spiro atoms. The predicted octanol–water partition coefficient (Wildman–Crippen LogP) is 4.33. The molecule has 216 valence electrons. The van der Waals surface area contributed by atoms with Crippen LogP contribution in [0, 0.1) is 11.7 Å². The van der Waals surface area contributed by atoms with Crippen LogP contribution in [0.15, 0.2) is 64.7 Å². The molecule has 0 saturated heterocycles. The zero-order valence-corrected chi connectivity index (χ0v) is 22.7. The number of benzene rings is 2. The smallest absolute Gasteiger partial charge is 0.386 e. The maximum absolute atomic E-state index is 13.4. The van der Waals surface area contributed by atoms with E-state index in [1.165, 1.54) is 36.1 Å². The molecule has 0 radical (unpaired) electrons. The molecule has 0 aliphatic rings. The van der Waals surface area contributed by atoms with E-state index >= 15 is 0 Å². The number of hydrogen-bond donors (Lipinski definition) is 2. The highest BCUT2D eigenvalue weighted by Gasteiger charge is 2.34. The summed E-state index contributed by atoms with van der Waals surface area (Å²) in [7, 11) is -3.17. The highest BCUT2D eigenvalue weighted by molar-refractivity contribution is 7.92. The molecule has 0 aliphatic carbocycles. The number of rotatable bonds is 8. The second kappa shape index (κ2) is 11.3. The van der Waals surface area contributed by atoms with Crippen molar-refractivity contribution in [2.24, 2.45) is 5.92 Å². The van der Waals surface area contributed by atoms with Gasteiger partial charge in [-0.1, -0.05) is 24.6 Å². The average Bonchev–Trinajstić information content (AvgIpc) is 2.89. The number of alkyl halides is 3. The number of carbonyl (C=O) groups is 1. The molecule has 2 heterocycles. The fourth-order valence-electron chi connectivity index (χ4n) is 3.86. The Hall–Kier alpha value is -4.24. The molecule has 1 atom stereocenters. The number of sulfonamides is 1. The number of amides is 1. The molecular formula is C25H20ClF4N5O5S. The number of ether oxygens (including phenoxy) is 1. The molecule has 2 aromatic carbocycles. The van der Waals surface area contributed by atoms with Crippen LogP contribution in [0.5, 0.6) is 5.88 Å². The summed E-state index contributed by atoms with van der Waals surface area (Å²) in [6, 6.07) is 7.79. The molecule has 0 fully saturated rings. The normalized spacial score (nSPS) is 12.7. The summed E-state index contributed by atoms with van der Waals surface area (Å²) in [4.78, 5) is 32.3. The third-order valence-corrected chi connectivity index (χ3v) is 7.66. The molecule has 1 amide bonds. The van der Waals surface area contributed by atoms with Crippen molar-refractivity contribution in [2.45, 2.75) is 24.7 Å². The number of aromatic nitrogens is 3. The van der Waals surface area contributed by atoms with Crippen molar-refractivity contribution < 1.29 is 35.5 Å². The van der Waals surface area contributed by atoms with Crippen molar-refractivity contribution >= 4 is 44.1 Å². The third-order valence-electron chi connectivity index (χ3n) is 5.81. The average molecular weight is 614 g/mol. The Labute approximate surface area is 235 Å². The summed E-state index contributed by atoms with van der Waals surface area (Å²) in [6.45, 7) is 1.67. The Morgan fingerprint density at radius 1 is 1.12 bits per heavy atom. The Morgan fingerprint density at radius 2 is 1.85 bits per heavy atom. The van der Waals surface area contributed by atoms with Gasteiger partial charge in [-0.05, 0) is 42.0 Å². The lowest BCUT2D eigenvalue weighted by molar-refractivity contribution is -0.275. The number of anilines is 1. The number of halogens is 5. The van der Waals surface area contributed by atoms with Crippen LogP contribution in [0.4, 0.5) is 23.2 Å². The Balaban J connectivity index is 1.78. The Bertz CT molecular complexity index is 1810. The highest BCUT2D eigenvalue weighted by atomic mass is 35.5. The molecule has 4 aromatic rings. The van der Waals surface area contributed by atoms with Crippen molar-refractivity contribution in [3.05, 3.63) is 76.2 Å². The van der Waals surface area contributed by atoms with Gasteiger partial charge in [-0.15, -0.1) is 13.2 Å². The summed E-state index contributed by atoms with van der Waals surface area (Å²) in [5.74, 6) is -2.77. The van der Waals surface area contributed by atoms with Crippen molar-refractivity contribution in [2.75, 3.05) is 11.8 Å². The third kappa shape index (κ3) is 6.74. The van der Waals surface area contributed by atoms with E-state index in [0.717, 1.165) is 30.5 Å². The van der Waals surface area contributed by atoms with E-state index < -0.39 is 55.2 Å². The molecule has 10 nitrogen and oxygen atoms in total. The lowest BCUT2D eigenvalue weighted by Crippen LogP contribution is -2.32. The minimum Gasteiger partial charge on any atom is -0.386 e. The number of hydrogen-bond acceptors (Lipinski definition) is 7. The van der Waals surface area contributed by atoms with Gasteiger partial charge in [-0.2, -0.15) is 0 Å². The number of carbonyl (C=O) groups excluding carboxylic acids is 1. The SMILES string of the molecule is CNC(=O)[C@H](C)Cn1cnc2ccc(-c3cnc(OC(F)(F)F)c(NS(=O)(=O)c4ccc(F)cc4Cl)c3)cc2c1=O. The molecular weight excluding hydrogens is 594 g/mol. The van der Waals surface area contributed by atoms with Gasteiger partial charge in [0.1, 0.15) is 16.4 Å². The topological polar surface area (TPSA) is 132 Å². The van der Waals surface area contributed by atoms with Gasteiger partial charge in [0.15, 0.2) is 0 Å². The summed E-state index contributed by atoms with van der Waals surface area (Å²) in [5, 5.41) is 2.11. The maximum atomic E-state index is 13.4. The van der Waals surface area contributed by atoms with Crippen LogP contribution in [0.3, 0.4) is 0 Å². The van der Waals surface area contributed by atoms with E-state index in [4.69, 9.17) is 11.6 Å². The molecule has 2 aromatic heterocycles. The number of fused-ring (bicyclic) bond motifs is 1. The number of nitrogens with one attached hydrogen (secondary N) is 2. The van der Waals surface area contributed by atoms with Crippen LogP contribution >= 0.6 is 11.6 Å². The van der Waals surface area contributed by atoms with Crippen molar-refractivity contribution in [3.63, 3.8) is 0 Å². The first-order chi connectivity index (χ1) is 19.2. The Kier molecular flexibility index (Phi) is 8.22. The quantitative estimate of drug-likeness (QED) is 0.283. The van der Waals surface area contributed by atoms with Gasteiger partial charge in [0, 0.05) is 25.4 Å². The number of nitrogens with zero attached hydrogens (tertiary/aromatic N) is 3. The van der Waals surface area contributed by atoms with Gasteiger partial charge in [-0.3, -0.25) is 18.9 Å². The van der Waals surface area contributed by atoms with E-state index in [1.54, 1.807) is 6.92 Å². The van der Waals surface area contributed by atoms with E-state index in [2.05, 4.69) is 20.0 Å². The highest BCUT2D eigenvalue weighted by Crippen LogP contribution is 2.35. The minimum atomic E-state index is -5.21. The van der Waals surface area contributed by atoms with Gasteiger partial charge in [0.2, 0.25) is 11.8 Å². The molecule has 2 N–H and O–H groups in total. The second-order valence-corrected chi connectivity index (χ2v) is 10.8. The summed E-state index contributed by atoms with van der Waals surface area (Å²) < 4.78 is 85.6. The minimum absolute atomic E-state index is 0.0363. The van der Waals surface area contributed by atoms with Crippen LogP contribution in [0.2, 0.25) is 5.02 Å². The second-order valence-electron chi connectivity index (χ2n) is 8.75. The van der Waals surface area contributed by atoms with Crippen LogP contribution in [-0.2, 0) is 21.4 Å². The lowest BCUT2D eigenvalue weighted by atomic mass is 10.0. The molecule has 0 unspecified atom stereocenters. The van der Waals surface area contributed by atoms with Crippen molar-refractivity contribution in [1.82, 2.24) is 19.9 Å². The van der Waals surface area contributed by atoms with Crippen molar-refractivity contribution in [1.29, 1.82) is 0 Å². The predicted molar refractivity (Wildman–Crippen MR) is 141 cm³/mol. The van der Waals surface area contributed by atoms with Gasteiger partial charge in [0.05, 0.1) is 28.2 Å². The van der Waals surface area contributed by atoms with Gasteiger partial charge in [0.25, 0.3) is 15.6 Å². The van der Waals surface area contributed by atoms with Gasteiger partial charge < -0.3 is 10.1 Å². The van der Waals surface area contributed by atoms with Gasteiger partial charge >= 0.3 is 6.36 Å². The summed E-state index contributed by atoms with van der Waals surface area (Å²) >= 11 is 5.85. The standard InChI is InChI=1S/C25H20ClF4N5O5S/c1-13(22(36)31-2)11-35-12-33-19-5-3-14(7-17(19)24(35)37)15-8-20(23(32-10-15)40-25(28,29)30)34-41(38,39)21-6-4-16(27)9-18(21)26/h3-10,12-13,34H,11H2,1-2H3,(H,31,36)/t13-/m1/s1.